The van der Waals surface area contributed by atoms with E-state index in [9.17, 15) is 4.79 Å². The number of benzene rings is 2. The van der Waals surface area contributed by atoms with Gasteiger partial charge in [0.05, 0.1) is 22.2 Å². The van der Waals surface area contributed by atoms with Crippen LogP contribution in [0.3, 0.4) is 0 Å². The maximum absolute atomic E-state index is 12.7. The van der Waals surface area contributed by atoms with E-state index in [2.05, 4.69) is 103 Å². The third-order valence-corrected chi connectivity index (χ3v) is 7.86. The van der Waals surface area contributed by atoms with E-state index in [1.54, 1.807) is 7.05 Å². The molecule has 4 nitrogen and oxygen atoms in total. The van der Waals surface area contributed by atoms with Crippen molar-refractivity contribution in [3.8, 4) is 0 Å². The van der Waals surface area contributed by atoms with E-state index in [-0.39, 0.29) is 5.91 Å². The first kappa shape index (κ1) is 30.3. The highest BCUT2D eigenvalue weighted by Gasteiger charge is 2.48. The van der Waals surface area contributed by atoms with Crippen LogP contribution in [0.1, 0.15) is 54.0 Å². The zero-order valence-corrected chi connectivity index (χ0v) is 24.9. The molecule has 1 unspecified atom stereocenters. The minimum atomic E-state index is -0.504. The monoisotopic (exact) mass is 519 g/mol. The molecule has 1 aliphatic rings. The zero-order valence-electron chi connectivity index (χ0n) is 24.1. The fourth-order valence-electron chi connectivity index (χ4n) is 4.85. The number of aromatic nitrogens is 1. The first-order chi connectivity index (χ1) is 17.8. The number of rotatable bonds is 6. The first-order valence-electron chi connectivity index (χ1n) is 13.5. The highest BCUT2D eigenvalue weighted by molar-refractivity contribution is 8.03. The van der Waals surface area contributed by atoms with E-state index < -0.39 is 5.41 Å². The van der Waals surface area contributed by atoms with Crippen LogP contribution in [0.2, 0.25) is 0 Å². The van der Waals surface area contributed by atoms with Gasteiger partial charge in [-0.2, -0.15) is 0 Å². The van der Waals surface area contributed by atoms with Crippen molar-refractivity contribution in [3.05, 3.63) is 83.5 Å². The number of allylic oxidation sites excluding steroid dienone is 2. The van der Waals surface area contributed by atoms with Gasteiger partial charge in [-0.1, -0.05) is 64.1 Å². The number of quaternary nitrogens is 1. The number of aryl methyl sites for hydroxylation is 1. The van der Waals surface area contributed by atoms with Crippen LogP contribution in [-0.4, -0.2) is 26.0 Å². The van der Waals surface area contributed by atoms with E-state index in [0.717, 1.165) is 6.54 Å². The zero-order chi connectivity index (χ0) is 27.6. The molecule has 198 valence electrons. The van der Waals surface area contributed by atoms with E-state index >= 15 is 0 Å². The highest BCUT2D eigenvalue weighted by atomic mass is 32.2. The first-order valence-corrected chi connectivity index (χ1v) is 14.3. The molecular formula is C32H45N3OS+2. The smallest absolute Gasteiger partial charge is 0.231 e. The van der Waals surface area contributed by atoms with Gasteiger partial charge in [-0.3, -0.25) is 9.28 Å². The second-order valence-electron chi connectivity index (χ2n) is 9.24. The van der Waals surface area contributed by atoms with E-state index in [1.807, 2.05) is 53.3 Å². The largest absolute Gasteiger partial charge is 0.359 e. The molecule has 0 fully saturated rings. The van der Waals surface area contributed by atoms with Crippen molar-refractivity contribution >= 4 is 40.3 Å². The standard InChI is InChI=1S/C28H32N3OS.2C2H6/c1-6-31(20-28(2,3)27(32)29-4)24-15-9-10-16-25(24)33-26(31)17-11-12-21-18-19-30(5)23-14-8-7-13-22(21)23;2*1-2/h7-19H,6,20H2,1-5H3;2*1-2H3/q+1;;/p+1/b12-11+,26-17-;;. The van der Waals surface area contributed by atoms with Gasteiger partial charge < -0.3 is 5.32 Å². The Morgan fingerprint density at radius 1 is 1.03 bits per heavy atom. The number of amides is 1. The Morgan fingerprint density at radius 2 is 1.68 bits per heavy atom. The number of carbonyl (C=O) groups is 1. The molecule has 0 radical (unpaired) electrons. The molecule has 1 aromatic heterocycles. The fourth-order valence-corrected chi connectivity index (χ4v) is 6.18. The highest BCUT2D eigenvalue weighted by Crippen LogP contribution is 2.52. The molecule has 1 N–H and O–H groups in total. The number of carbonyl (C=O) groups excluding carboxylic acids is 1. The van der Waals surface area contributed by atoms with Gasteiger partial charge >= 0.3 is 0 Å². The second kappa shape index (κ2) is 13.6. The SMILES string of the molecule is CC.CC.CC[N+]1(CC(C)(C)C(=O)NC)/C(=C/C=C/c2cc[n+](C)c3ccccc23)Sc2ccccc21. The van der Waals surface area contributed by atoms with Crippen molar-refractivity contribution in [1.82, 2.24) is 9.80 Å². The predicted octanol–water partition coefficient (Wildman–Crippen LogP) is 7.48. The minimum absolute atomic E-state index is 0.0707. The number of nitrogens with zero attached hydrogens (tertiary/aromatic N) is 2. The molecule has 1 amide bonds. The number of fused-ring (bicyclic) bond motifs is 2. The van der Waals surface area contributed by atoms with Crippen LogP contribution >= 0.6 is 11.8 Å². The molecule has 3 aromatic rings. The van der Waals surface area contributed by atoms with Gasteiger partial charge in [-0.25, -0.2) is 4.57 Å². The van der Waals surface area contributed by atoms with Crippen LogP contribution in [0.25, 0.3) is 17.0 Å². The summed E-state index contributed by atoms with van der Waals surface area (Å²) in [6.07, 6.45) is 8.68. The lowest BCUT2D eigenvalue weighted by Crippen LogP contribution is -2.54. The topological polar surface area (TPSA) is 33.0 Å². The maximum Gasteiger partial charge on any atom is 0.231 e. The Kier molecular flexibility index (Phi) is 11.1. The van der Waals surface area contributed by atoms with Crippen LogP contribution in [0.4, 0.5) is 5.69 Å². The molecule has 0 spiro atoms. The summed E-state index contributed by atoms with van der Waals surface area (Å²) >= 11 is 1.82. The third-order valence-electron chi connectivity index (χ3n) is 6.60. The van der Waals surface area contributed by atoms with Crippen molar-refractivity contribution in [1.29, 1.82) is 0 Å². The lowest BCUT2D eigenvalue weighted by Gasteiger charge is -2.39. The number of para-hydroxylation sites is 2. The van der Waals surface area contributed by atoms with Gasteiger partial charge in [-0.05, 0) is 50.2 Å². The minimum Gasteiger partial charge on any atom is -0.359 e. The molecular weight excluding hydrogens is 474 g/mol. The molecule has 0 saturated carbocycles. The summed E-state index contributed by atoms with van der Waals surface area (Å²) in [4.78, 5) is 14.0. The number of hydrogen-bond donors (Lipinski definition) is 1. The third kappa shape index (κ3) is 6.34. The summed E-state index contributed by atoms with van der Waals surface area (Å²) in [5.41, 5.74) is 3.18. The Labute approximate surface area is 228 Å². The molecule has 0 aliphatic carbocycles. The number of hydrogen-bond acceptors (Lipinski definition) is 2. The van der Waals surface area contributed by atoms with Crippen molar-refractivity contribution in [2.24, 2.45) is 12.5 Å². The summed E-state index contributed by atoms with van der Waals surface area (Å²) in [6, 6.07) is 19.2. The molecule has 1 atom stereocenters. The Morgan fingerprint density at radius 3 is 2.35 bits per heavy atom. The molecule has 1 aliphatic heterocycles. The van der Waals surface area contributed by atoms with Gasteiger partial charge in [0.2, 0.25) is 11.4 Å². The van der Waals surface area contributed by atoms with Gasteiger partial charge in [0.1, 0.15) is 13.6 Å². The molecule has 2 aromatic carbocycles. The Balaban J connectivity index is 0.00000115. The lowest BCUT2D eigenvalue weighted by molar-refractivity contribution is -0.644. The lowest BCUT2D eigenvalue weighted by atomic mass is 9.90. The van der Waals surface area contributed by atoms with E-state index in [1.165, 1.54) is 32.1 Å². The fraction of sp³-hybridized carbons (Fsp3) is 0.375. The average Bonchev–Trinajstić information content (AvgIpc) is 3.24. The molecule has 37 heavy (non-hydrogen) atoms. The van der Waals surface area contributed by atoms with Crippen LogP contribution in [0.5, 0.6) is 0 Å². The van der Waals surface area contributed by atoms with Gasteiger partial charge in [0.15, 0.2) is 16.9 Å². The molecule has 2 heterocycles. The number of thioether (sulfide) groups is 1. The number of nitrogens with one attached hydrogen (secondary N) is 1. The summed E-state index contributed by atoms with van der Waals surface area (Å²) in [7, 11) is 3.79. The van der Waals surface area contributed by atoms with Crippen molar-refractivity contribution in [3.63, 3.8) is 0 Å². The van der Waals surface area contributed by atoms with Crippen molar-refractivity contribution in [2.45, 2.75) is 53.4 Å². The van der Waals surface area contributed by atoms with Crippen LogP contribution in [-0.2, 0) is 11.8 Å². The molecule has 5 heteroatoms. The van der Waals surface area contributed by atoms with E-state index in [0.29, 0.717) is 11.0 Å². The summed E-state index contributed by atoms with van der Waals surface area (Å²) in [5.74, 6) is 0.0707. The second-order valence-corrected chi connectivity index (χ2v) is 10.3. The molecule has 4 rings (SSSR count). The number of pyridine rings is 1. The van der Waals surface area contributed by atoms with Crippen molar-refractivity contribution < 1.29 is 9.36 Å². The Bertz CT molecular complexity index is 1260. The van der Waals surface area contributed by atoms with Crippen LogP contribution < -0.4 is 14.4 Å². The molecule has 0 saturated heterocycles. The maximum atomic E-state index is 12.7. The van der Waals surface area contributed by atoms with Crippen LogP contribution in [0, 0.1) is 5.41 Å². The summed E-state index contributed by atoms with van der Waals surface area (Å²) in [6.45, 7) is 15.9. The van der Waals surface area contributed by atoms with Gasteiger partial charge in [-0.15, -0.1) is 0 Å². The van der Waals surface area contributed by atoms with Gasteiger partial charge in [0, 0.05) is 31.3 Å². The Hall–Kier alpha value is -2.89. The van der Waals surface area contributed by atoms with Crippen LogP contribution in [0.15, 0.2) is 82.9 Å². The molecule has 0 bridgehead atoms. The normalized spacial score (nSPS) is 17.6. The summed E-state index contributed by atoms with van der Waals surface area (Å²) in [5, 5.41) is 5.34. The van der Waals surface area contributed by atoms with E-state index in [4.69, 9.17) is 0 Å². The van der Waals surface area contributed by atoms with Crippen molar-refractivity contribution in [2.75, 3.05) is 20.1 Å². The van der Waals surface area contributed by atoms with Gasteiger partial charge in [0.25, 0.3) is 0 Å². The summed E-state index contributed by atoms with van der Waals surface area (Å²) < 4.78 is 2.82. The predicted molar refractivity (Wildman–Crippen MR) is 162 cm³/mol. The quantitative estimate of drug-likeness (QED) is 0.271. The average molecular weight is 520 g/mol.